The Hall–Kier alpha value is -1.93. The molecule has 2 aromatic rings. The Morgan fingerprint density at radius 2 is 1.80 bits per heavy atom. The summed E-state index contributed by atoms with van der Waals surface area (Å²) in [4.78, 5) is 28.0. The van der Waals surface area contributed by atoms with Crippen LogP contribution in [-0.4, -0.2) is 31.4 Å². The van der Waals surface area contributed by atoms with Crippen LogP contribution in [0.15, 0.2) is 36.5 Å². The van der Waals surface area contributed by atoms with Gasteiger partial charge < -0.3 is 0 Å². The molecule has 1 aliphatic heterocycles. The summed E-state index contributed by atoms with van der Waals surface area (Å²) >= 11 is -1.62. The number of fused-ring (bicyclic) bond motifs is 1. The van der Waals surface area contributed by atoms with Crippen molar-refractivity contribution in [2.75, 3.05) is 0 Å². The molecule has 1 aromatic carbocycles. The van der Waals surface area contributed by atoms with Crippen molar-refractivity contribution < 1.29 is 9.59 Å². The zero-order chi connectivity index (χ0) is 14.3. The minimum atomic E-state index is -1.62. The second-order valence-electron chi connectivity index (χ2n) is 4.65. The van der Waals surface area contributed by atoms with E-state index in [0.717, 1.165) is 10.0 Å². The number of nitrogens with zero attached hydrogens (tertiary/aromatic N) is 1. The summed E-state index contributed by atoms with van der Waals surface area (Å²) in [6, 6.07) is 9.50. The number of aryl methyl sites for hydroxylation is 1. The fraction of sp³-hybridized carbons (Fsp3) is 0.133. The molecule has 0 bridgehead atoms. The van der Waals surface area contributed by atoms with E-state index in [-0.39, 0.29) is 11.8 Å². The molecule has 1 aliphatic rings. The first-order chi connectivity index (χ1) is 9.59. The Morgan fingerprint density at radius 1 is 1.05 bits per heavy atom. The van der Waals surface area contributed by atoms with E-state index in [0.29, 0.717) is 11.1 Å². The number of nitrogens with one attached hydrogen (secondary N) is 1. The van der Waals surface area contributed by atoms with E-state index in [1.807, 2.05) is 25.1 Å². The molecule has 100 valence electrons. The maximum atomic E-state index is 12.0. The molecular weight excluding hydrogens is 315 g/mol. The summed E-state index contributed by atoms with van der Waals surface area (Å²) in [5, 5.41) is 2.37. The fourth-order valence-corrected chi connectivity index (χ4v) is 6.59. The minimum absolute atomic E-state index is 0.275. The molecule has 3 rings (SSSR count). The van der Waals surface area contributed by atoms with E-state index in [1.165, 1.54) is 4.35 Å². The van der Waals surface area contributed by atoms with Crippen LogP contribution in [0.5, 0.6) is 0 Å². The average molecular weight is 328 g/mol. The number of hydrogen-bond acceptors (Lipinski definition) is 3. The second-order valence-corrected chi connectivity index (χ2v) is 9.02. The second kappa shape index (κ2) is 4.87. The third-order valence-electron chi connectivity index (χ3n) is 3.44. The molecule has 0 saturated carbocycles. The van der Waals surface area contributed by atoms with Crippen molar-refractivity contribution in [2.24, 2.45) is 0 Å². The zero-order valence-corrected chi connectivity index (χ0v) is 13.1. The van der Waals surface area contributed by atoms with Crippen LogP contribution in [0, 0.1) is 6.92 Å². The van der Waals surface area contributed by atoms with Gasteiger partial charge in [0.1, 0.15) is 0 Å². The Balaban J connectivity index is 2.15. The van der Waals surface area contributed by atoms with Crippen molar-refractivity contribution >= 4 is 35.2 Å². The Kier molecular flexibility index (Phi) is 3.19. The molecule has 20 heavy (non-hydrogen) atoms. The van der Waals surface area contributed by atoms with Gasteiger partial charge in [-0.05, 0) is 0 Å². The van der Waals surface area contributed by atoms with Crippen molar-refractivity contribution in [3.05, 3.63) is 53.3 Å². The van der Waals surface area contributed by atoms with Crippen LogP contribution < -0.4 is 14.0 Å². The molecule has 0 spiro atoms. The van der Waals surface area contributed by atoms with E-state index in [2.05, 4.69) is 22.1 Å². The van der Waals surface area contributed by atoms with E-state index in [9.17, 15) is 9.59 Å². The topological polar surface area (TPSA) is 59.1 Å². The third kappa shape index (κ3) is 1.97. The molecule has 0 radical (unpaired) electrons. The maximum absolute atomic E-state index is 12.0. The zero-order valence-electron chi connectivity index (χ0n) is 11.2. The monoisotopic (exact) mass is 328 g/mol. The molecule has 5 heteroatoms. The number of amides is 2. The van der Waals surface area contributed by atoms with E-state index in [4.69, 9.17) is 0 Å². The summed E-state index contributed by atoms with van der Waals surface area (Å²) in [7, 11) is 0. The summed E-state index contributed by atoms with van der Waals surface area (Å²) in [5.74, 6) is -0.569. The van der Waals surface area contributed by atoms with Gasteiger partial charge in [0.05, 0.1) is 0 Å². The van der Waals surface area contributed by atoms with Crippen molar-refractivity contribution in [1.82, 2.24) is 10.3 Å². The van der Waals surface area contributed by atoms with E-state index >= 15 is 0 Å². The van der Waals surface area contributed by atoms with Gasteiger partial charge in [-0.2, -0.15) is 0 Å². The fourth-order valence-electron chi connectivity index (χ4n) is 2.44. The van der Waals surface area contributed by atoms with Crippen LogP contribution in [0.4, 0.5) is 0 Å². The number of benzene rings is 1. The van der Waals surface area contributed by atoms with E-state index in [1.54, 1.807) is 12.3 Å². The van der Waals surface area contributed by atoms with Gasteiger partial charge in [-0.3, -0.25) is 0 Å². The Bertz CT molecular complexity index is 728. The number of aromatic nitrogens is 1. The molecule has 1 atom stereocenters. The van der Waals surface area contributed by atoms with Crippen molar-refractivity contribution in [1.29, 1.82) is 0 Å². The SMILES string of the molecule is Cc1ncccc1[As](C)c1cccc2c1C(=O)NC2=O. The first-order valence-corrected chi connectivity index (χ1v) is 9.99. The molecule has 0 aliphatic carbocycles. The van der Waals surface area contributed by atoms with Crippen molar-refractivity contribution in [3.8, 4) is 0 Å². The summed E-state index contributed by atoms with van der Waals surface area (Å²) in [6.45, 7) is 1.98. The van der Waals surface area contributed by atoms with Crippen molar-refractivity contribution in [3.63, 3.8) is 0 Å². The predicted octanol–water partition coefficient (Wildman–Crippen LogP) is 0.512. The van der Waals surface area contributed by atoms with Gasteiger partial charge in [-0.25, -0.2) is 0 Å². The van der Waals surface area contributed by atoms with Gasteiger partial charge in [0.25, 0.3) is 0 Å². The first kappa shape index (κ1) is 13.1. The summed E-state index contributed by atoms with van der Waals surface area (Å²) < 4.78 is 2.22. The summed E-state index contributed by atoms with van der Waals surface area (Å²) in [6.07, 6.45) is 1.77. The van der Waals surface area contributed by atoms with Crippen LogP contribution in [0.25, 0.3) is 0 Å². The standard InChI is InChI=1S/C15H13AsN2O2/c1-9-11(7-4-8-17-9)16(2)12-6-3-5-10-13(12)15(20)18-14(10)19/h3-8H,1-2H3,(H,18,19,20). The Labute approximate surface area is 121 Å². The average Bonchev–Trinajstić information content (AvgIpc) is 2.74. The third-order valence-corrected chi connectivity index (χ3v) is 8.25. The van der Waals surface area contributed by atoms with Gasteiger partial charge in [0.2, 0.25) is 0 Å². The quantitative estimate of drug-likeness (QED) is 0.646. The normalized spacial score (nSPS) is 14.9. The number of pyridine rings is 1. The predicted molar refractivity (Wildman–Crippen MR) is 78.1 cm³/mol. The molecule has 1 N–H and O–H groups in total. The summed E-state index contributed by atoms with van der Waals surface area (Å²) in [5.41, 5.74) is 4.22. The molecule has 0 saturated heterocycles. The molecule has 4 nitrogen and oxygen atoms in total. The van der Waals surface area contributed by atoms with Crippen LogP contribution in [-0.2, 0) is 0 Å². The van der Waals surface area contributed by atoms with E-state index < -0.39 is 14.7 Å². The van der Waals surface area contributed by atoms with Crippen LogP contribution in [0.3, 0.4) is 0 Å². The first-order valence-electron chi connectivity index (χ1n) is 6.23. The number of rotatable bonds is 2. The molecule has 2 amide bonds. The molecule has 1 unspecified atom stereocenters. The molecule has 0 fully saturated rings. The number of hydrogen-bond donors (Lipinski definition) is 1. The molecular formula is C15H13AsN2O2. The van der Waals surface area contributed by atoms with Gasteiger partial charge >= 0.3 is 121 Å². The van der Waals surface area contributed by atoms with Gasteiger partial charge in [0.15, 0.2) is 0 Å². The van der Waals surface area contributed by atoms with Crippen LogP contribution >= 0.6 is 0 Å². The van der Waals surface area contributed by atoms with Gasteiger partial charge in [-0.15, -0.1) is 0 Å². The Morgan fingerprint density at radius 3 is 2.55 bits per heavy atom. The number of imide groups is 1. The van der Waals surface area contributed by atoms with Crippen molar-refractivity contribution in [2.45, 2.75) is 12.6 Å². The van der Waals surface area contributed by atoms with Gasteiger partial charge in [-0.1, -0.05) is 0 Å². The van der Waals surface area contributed by atoms with Crippen LogP contribution in [0.2, 0.25) is 5.71 Å². The number of carbonyl (C=O) groups is 2. The molecule has 1 aromatic heterocycles. The molecule has 2 heterocycles. The number of carbonyl (C=O) groups excluding carboxylic acids is 2. The van der Waals surface area contributed by atoms with Crippen LogP contribution in [0.1, 0.15) is 26.4 Å². The van der Waals surface area contributed by atoms with Gasteiger partial charge in [0, 0.05) is 0 Å².